The number of hydrogen-bond acceptors (Lipinski definition) is 3. The van der Waals surface area contributed by atoms with E-state index in [2.05, 4.69) is 0 Å². The van der Waals surface area contributed by atoms with Crippen molar-refractivity contribution < 1.29 is 14.3 Å². The van der Waals surface area contributed by atoms with Crippen LogP contribution in [-0.4, -0.2) is 37.1 Å². The Balaban J connectivity index is 2.23. The summed E-state index contributed by atoms with van der Waals surface area (Å²) in [4.78, 5) is 14.8. The van der Waals surface area contributed by atoms with Crippen LogP contribution in [-0.2, 0) is 0 Å². The van der Waals surface area contributed by atoms with E-state index in [0.717, 1.165) is 32.4 Å². The van der Waals surface area contributed by atoms with Gasteiger partial charge < -0.3 is 14.4 Å². The highest BCUT2D eigenvalue weighted by molar-refractivity contribution is 6.32. The normalized spacial score (nSPS) is 15.5. The van der Waals surface area contributed by atoms with Crippen LogP contribution in [0.4, 0.5) is 0 Å². The molecule has 2 rings (SSSR count). The standard InChI is InChI=1S/C19H28ClNO3/c1-3-12-24-18-16(20)13-15(14-17(18)23-4-2)19(22)21-10-8-6-5-7-9-11-21/h13-14H,3-12H2,1-2H3. The van der Waals surface area contributed by atoms with Gasteiger partial charge in [0, 0.05) is 18.7 Å². The van der Waals surface area contributed by atoms with E-state index >= 15 is 0 Å². The molecule has 0 aromatic heterocycles. The van der Waals surface area contributed by atoms with Crippen molar-refractivity contribution in [3.8, 4) is 11.5 Å². The van der Waals surface area contributed by atoms with Gasteiger partial charge in [-0.25, -0.2) is 0 Å². The summed E-state index contributed by atoms with van der Waals surface area (Å²) in [5.74, 6) is 1.11. The topological polar surface area (TPSA) is 38.8 Å². The molecule has 1 aromatic rings. The molecule has 5 heteroatoms. The van der Waals surface area contributed by atoms with E-state index in [4.69, 9.17) is 21.1 Å². The molecule has 1 saturated heterocycles. The molecule has 1 aromatic carbocycles. The number of likely N-dealkylation sites (tertiary alicyclic amines) is 1. The first kappa shape index (κ1) is 18.9. The van der Waals surface area contributed by atoms with Crippen molar-refractivity contribution in [2.45, 2.75) is 52.4 Å². The maximum Gasteiger partial charge on any atom is 0.254 e. The van der Waals surface area contributed by atoms with Gasteiger partial charge in [-0.3, -0.25) is 4.79 Å². The minimum atomic E-state index is 0.0294. The number of carbonyl (C=O) groups is 1. The molecule has 1 amide bonds. The van der Waals surface area contributed by atoms with Gasteiger partial charge in [-0.15, -0.1) is 0 Å². The van der Waals surface area contributed by atoms with E-state index < -0.39 is 0 Å². The fraction of sp³-hybridized carbons (Fsp3) is 0.632. The summed E-state index contributed by atoms with van der Waals surface area (Å²) in [7, 11) is 0. The van der Waals surface area contributed by atoms with E-state index in [1.165, 1.54) is 19.3 Å². The van der Waals surface area contributed by atoms with E-state index in [0.29, 0.717) is 35.3 Å². The second-order valence-electron chi connectivity index (χ2n) is 6.13. The number of nitrogens with zero attached hydrogens (tertiary/aromatic N) is 1. The Kier molecular flexibility index (Phi) is 7.70. The SMILES string of the molecule is CCCOc1c(Cl)cc(C(=O)N2CCCCCCC2)cc1OCC. The molecule has 24 heavy (non-hydrogen) atoms. The van der Waals surface area contributed by atoms with Crippen molar-refractivity contribution in [1.82, 2.24) is 4.90 Å². The monoisotopic (exact) mass is 353 g/mol. The van der Waals surface area contributed by atoms with Crippen LogP contribution in [0.1, 0.15) is 62.7 Å². The van der Waals surface area contributed by atoms with Crippen LogP contribution < -0.4 is 9.47 Å². The quantitative estimate of drug-likeness (QED) is 0.727. The molecule has 1 aliphatic rings. The first-order valence-corrected chi connectivity index (χ1v) is 9.43. The number of benzene rings is 1. The summed E-state index contributed by atoms with van der Waals surface area (Å²) in [5, 5.41) is 0.435. The number of ether oxygens (including phenoxy) is 2. The Labute approximate surface area is 150 Å². The molecule has 134 valence electrons. The maximum absolute atomic E-state index is 12.9. The predicted octanol–water partition coefficient (Wildman–Crippen LogP) is 4.93. The molecule has 0 spiro atoms. The molecule has 1 heterocycles. The van der Waals surface area contributed by atoms with Crippen LogP contribution >= 0.6 is 11.6 Å². The third-order valence-corrected chi connectivity index (χ3v) is 4.43. The van der Waals surface area contributed by atoms with Gasteiger partial charge in [0.25, 0.3) is 5.91 Å². The molecule has 0 aliphatic carbocycles. The molecule has 0 radical (unpaired) electrons. The van der Waals surface area contributed by atoms with Crippen LogP contribution in [0, 0.1) is 0 Å². The summed E-state index contributed by atoms with van der Waals surface area (Å²) < 4.78 is 11.4. The van der Waals surface area contributed by atoms with E-state index in [-0.39, 0.29) is 5.91 Å². The van der Waals surface area contributed by atoms with Crippen molar-refractivity contribution in [2.75, 3.05) is 26.3 Å². The highest BCUT2D eigenvalue weighted by atomic mass is 35.5. The number of carbonyl (C=O) groups excluding carboxylic acids is 1. The van der Waals surface area contributed by atoms with Gasteiger partial charge in [-0.2, -0.15) is 0 Å². The highest BCUT2D eigenvalue weighted by Crippen LogP contribution is 2.37. The molecule has 0 unspecified atom stereocenters. The van der Waals surface area contributed by atoms with Gasteiger partial charge in [-0.1, -0.05) is 37.8 Å². The molecule has 0 saturated carbocycles. The number of hydrogen-bond donors (Lipinski definition) is 0. The summed E-state index contributed by atoms with van der Waals surface area (Å²) in [6, 6.07) is 3.47. The average Bonchev–Trinajstić information content (AvgIpc) is 2.53. The first-order chi connectivity index (χ1) is 11.7. The number of amides is 1. The smallest absolute Gasteiger partial charge is 0.254 e. The summed E-state index contributed by atoms with van der Waals surface area (Å²) in [6.07, 6.45) is 6.67. The lowest BCUT2D eigenvalue weighted by Crippen LogP contribution is -2.33. The summed E-state index contributed by atoms with van der Waals surface area (Å²) in [5.41, 5.74) is 0.577. The number of halogens is 1. The number of rotatable bonds is 6. The lowest BCUT2D eigenvalue weighted by Gasteiger charge is -2.25. The Morgan fingerprint density at radius 1 is 1.08 bits per heavy atom. The Bertz CT molecular complexity index is 540. The van der Waals surface area contributed by atoms with Crippen molar-refractivity contribution in [2.24, 2.45) is 0 Å². The minimum Gasteiger partial charge on any atom is -0.490 e. The Hall–Kier alpha value is -1.42. The second kappa shape index (κ2) is 9.77. The largest absolute Gasteiger partial charge is 0.490 e. The van der Waals surface area contributed by atoms with Crippen LogP contribution in [0.25, 0.3) is 0 Å². The lowest BCUT2D eigenvalue weighted by molar-refractivity contribution is 0.0742. The van der Waals surface area contributed by atoms with Gasteiger partial charge >= 0.3 is 0 Å². The zero-order valence-electron chi connectivity index (χ0n) is 14.8. The highest BCUT2D eigenvalue weighted by Gasteiger charge is 2.21. The van der Waals surface area contributed by atoms with Crippen LogP contribution in [0.5, 0.6) is 11.5 Å². The molecule has 0 atom stereocenters. The Morgan fingerprint density at radius 3 is 2.38 bits per heavy atom. The molecular formula is C19H28ClNO3. The molecular weight excluding hydrogens is 326 g/mol. The molecule has 1 aliphatic heterocycles. The van der Waals surface area contributed by atoms with Crippen molar-refractivity contribution >= 4 is 17.5 Å². The molecule has 1 fully saturated rings. The van der Waals surface area contributed by atoms with E-state index in [1.54, 1.807) is 12.1 Å². The van der Waals surface area contributed by atoms with Gasteiger partial charge in [0.15, 0.2) is 11.5 Å². The maximum atomic E-state index is 12.9. The van der Waals surface area contributed by atoms with Gasteiger partial charge in [0.1, 0.15) is 0 Å². The fourth-order valence-electron chi connectivity index (χ4n) is 2.93. The van der Waals surface area contributed by atoms with Crippen molar-refractivity contribution in [3.05, 3.63) is 22.7 Å². The second-order valence-corrected chi connectivity index (χ2v) is 6.53. The lowest BCUT2D eigenvalue weighted by atomic mass is 10.1. The molecule has 0 bridgehead atoms. The zero-order valence-corrected chi connectivity index (χ0v) is 15.5. The van der Waals surface area contributed by atoms with Crippen molar-refractivity contribution in [3.63, 3.8) is 0 Å². The Morgan fingerprint density at radius 2 is 1.75 bits per heavy atom. The van der Waals surface area contributed by atoms with Crippen LogP contribution in [0.2, 0.25) is 5.02 Å². The van der Waals surface area contributed by atoms with Crippen molar-refractivity contribution in [1.29, 1.82) is 0 Å². The minimum absolute atomic E-state index is 0.0294. The van der Waals surface area contributed by atoms with Crippen LogP contribution in [0.15, 0.2) is 12.1 Å². The van der Waals surface area contributed by atoms with Crippen LogP contribution in [0.3, 0.4) is 0 Å². The zero-order chi connectivity index (χ0) is 17.4. The summed E-state index contributed by atoms with van der Waals surface area (Å²) >= 11 is 6.37. The third-order valence-electron chi connectivity index (χ3n) is 4.15. The molecule has 0 N–H and O–H groups in total. The predicted molar refractivity (Wildman–Crippen MR) is 97.4 cm³/mol. The third kappa shape index (κ3) is 5.04. The fourth-order valence-corrected chi connectivity index (χ4v) is 3.20. The summed E-state index contributed by atoms with van der Waals surface area (Å²) in [6.45, 7) is 6.64. The van der Waals surface area contributed by atoms with Gasteiger partial charge in [-0.05, 0) is 38.3 Å². The van der Waals surface area contributed by atoms with E-state index in [9.17, 15) is 4.79 Å². The van der Waals surface area contributed by atoms with Gasteiger partial charge in [0.2, 0.25) is 0 Å². The van der Waals surface area contributed by atoms with E-state index in [1.807, 2.05) is 18.7 Å². The van der Waals surface area contributed by atoms with Gasteiger partial charge in [0.05, 0.1) is 18.2 Å². The first-order valence-electron chi connectivity index (χ1n) is 9.05. The average molecular weight is 354 g/mol. The molecule has 4 nitrogen and oxygen atoms in total.